The van der Waals surface area contributed by atoms with Gasteiger partial charge in [0.05, 0.1) is 0 Å². The van der Waals surface area contributed by atoms with Crippen LogP contribution in [-0.2, 0) is 9.59 Å². The molecule has 25 heavy (non-hydrogen) atoms. The smallest absolute Gasteiger partial charge is 0.240 e. The lowest BCUT2D eigenvalue weighted by atomic mass is 10.0. The molecule has 1 fully saturated rings. The molecule has 0 bridgehead atoms. The number of hydrogen-bond acceptors (Lipinski definition) is 2. The second-order valence-corrected chi connectivity index (χ2v) is 7.64. The molecule has 2 amide bonds. The van der Waals surface area contributed by atoms with Gasteiger partial charge >= 0.3 is 0 Å². The summed E-state index contributed by atoms with van der Waals surface area (Å²) in [5, 5.41) is 0. The number of carbonyl (C=O) groups excluding carboxylic acids is 2. The molecule has 0 spiro atoms. The molecule has 1 heterocycles. The summed E-state index contributed by atoms with van der Waals surface area (Å²) in [7, 11) is 0. The van der Waals surface area contributed by atoms with E-state index in [1.807, 2.05) is 0 Å². The van der Waals surface area contributed by atoms with Crippen LogP contribution < -0.4 is 5.73 Å². The molecule has 1 saturated heterocycles. The number of nitrogens with zero attached hydrogens (tertiary/aromatic N) is 1. The minimum Gasteiger partial charge on any atom is -0.368 e. The molecule has 0 saturated carbocycles. The minimum atomic E-state index is -0.352. The van der Waals surface area contributed by atoms with E-state index in [1.165, 1.54) is 70.6 Å². The predicted molar refractivity (Wildman–Crippen MR) is 104 cm³/mol. The number of carbonyl (C=O) groups is 2. The van der Waals surface area contributed by atoms with E-state index in [1.54, 1.807) is 4.90 Å². The average Bonchev–Trinajstić information content (AvgIpc) is 3.09. The number of unbranched alkanes of at least 4 members (excludes halogenated alkanes) is 12. The van der Waals surface area contributed by atoms with E-state index in [-0.39, 0.29) is 17.9 Å². The molecule has 0 aliphatic carbocycles. The van der Waals surface area contributed by atoms with Gasteiger partial charge in [0.1, 0.15) is 6.04 Å². The number of primary amides is 1. The van der Waals surface area contributed by atoms with Crippen molar-refractivity contribution in [2.75, 3.05) is 6.54 Å². The van der Waals surface area contributed by atoms with Crippen LogP contribution in [0.4, 0.5) is 0 Å². The summed E-state index contributed by atoms with van der Waals surface area (Å²) in [4.78, 5) is 25.2. The van der Waals surface area contributed by atoms with Crippen LogP contribution in [0.25, 0.3) is 0 Å². The largest absolute Gasteiger partial charge is 0.368 e. The predicted octanol–water partition coefficient (Wildman–Crippen LogP) is 4.94. The fourth-order valence-electron chi connectivity index (χ4n) is 3.80. The fourth-order valence-corrected chi connectivity index (χ4v) is 3.80. The average molecular weight is 353 g/mol. The van der Waals surface area contributed by atoms with E-state index in [0.29, 0.717) is 13.0 Å². The maximum atomic E-state index is 12.2. The topological polar surface area (TPSA) is 63.4 Å². The molecule has 2 N–H and O–H groups in total. The van der Waals surface area contributed by atoms with Crippen molar-refractivity contribution < 1.29 is 9.59 Å². The lowest BCUT2D eigenvalue weighted by Crippen LogP contribution is -2.43. The van der Waals surface area contributed by atoms with E-state index >= 15 is 0 Å². The van der Waals surface area contributed by atoms with Crippen LogP contribution in [0.2, 0.25) is 0 Å². The summed E-state index contributed by atoms with van der Waals surface area (Å²) in [6.45, 7) is 2.96. The third-order valence-corrected chi connectivity index (χ3v) is 5.40. The van der Waals surface area contributed by atoms with Crippen LogP contribution in [-0.4, -0.2) is 29.3 Å². The summed E-state index contributed by atoms with van der Waals surface area (Å²) in [6.07, 6.45) is 19.2. The van der Waals surface area contributed by atoms with Crippen LogP contribution in [0.5, 0.6) is 0 Å². The van der Waals surface area contributed by atoms with E-state index in [4.69, 9.17) is 5.73 Å². The first-order chi connectivity index (χ1) is 12.2. The second-order valence-electron chi connectivity index (χ2n) is 7.64. The third kappa shape index (κ3) is 9.86. The monoisotopic (exact) mass is 352 g/mol. The quantitative estimate of drug-likeness (QED) is 0.424. The molecule has 1 aliphatic heterocycles. The van der Waals surface area contributed by atoms with Gasteiger partial charge in [-0.2, -0.15) is 0 Å². The van der Waals surface area contributed by atoms with Gasteiger partial charge in [-0.1, -0.05) is 84.0 Å². The standard InChI is InChI=1S/C21H40N2O2/c1-2-3-4-5-6-7-8-9-10-11-12-13-14-17-20(24)23-18-15-16-19(23)21(22)25/h19H,2-18H2,1H3,(H2,22,25)/t19-/m0/s1. The van der Waals surface area contributed by atoms with E-state index in [9.17, 15) is 9.59 Å². The summed E-state index contributed by atoms with van der Waals surface area (Å²) in [5.41, 5.74) is 5.37. The molecule has 0 unspecified atom stereocenters. The highest BCUT2D eigenvalue weighted by atomic mass is 16.2. The number of likely N-dealkylation sites (tertiary alicyclic amines) is 1. The van der Waals surface area contributed by atoms with Gasteiger partial charge in [-0.3, -0.25) is 9.59 Å². The van der Waals surface area contributed by atoms with Crippen molar-refractivity contribution in [3.05, 3.63) is 0 Å². The number of amides is 2. The fraction of sp³-hybridized carbons (Fsp3) is 0.905. The van der Waals surface area contributed by atoms with Gasteiger partial charge in [0.15, 0.2) is 0 Å². The van der Waals surface area contributed by atoms with E-state index in [2.05, 4.69) is 6.92 Å². The second kappa shape index (κ2) is 14.1. The van der Waals surface area contributed by atoms with Crippen LogP contribution in [0.3, 0.4) is 0 Å². The molecule has 4 heteroatoms. The highest BCUT2D eigenvalue weighted by Gasteiger charge is 2.31. The van der Waals surface area contributed by atoms with E-state index in [0.717, 1.165) is 25.7 Å². The molecule has 0 aromatic rings. The van der Waals surface area contributed by atoms with E-state index < -0.39 is 0 Å². The lowest BCUT2D eigenvalue weighted by Gasteiger charge is -2.22. The van der Waals surface area contributed by atoms with Crippen molar-refractivity contribution in [3.63, 3.8) is 0 Å². The zero-order valence-electron chi connectivity index (χ0n) is 16.4. The number of hydrogen-bond donors (Lipinski definition) is 1. The molecular formula is C21H40N2O2. The summed E-state index contributed by atoms with van der Waals surface area (Å²) >= 11 is 0. The minimum absolute atomic E-state index is 0.115. The molecule has 0 radical (unpaired) electrons. The van der Waals surface area contributed by atoms with Gasteiger partial charge in [-0.15, -0.1) is 0 Å². The Balaban J connectivity index is 1.88. The van der Waals surface area contributed by atoms with Crippen LogP contribution in [0, 0.1) is 0 Å². The SMILES string of the molecule is CCCCCCCCCCCCCCCC(=O)N1CCC[C@H]1C(N)=O. The molecule has 4 nitrogen and oxygen atoms in total. The van der Waals surface area contributed by atoms with Crippen LogP contribution in [0.15, 0.2) is 0 Å². The maximum Gasteiger partial charge on any atom is 0.240 e. The Kier molecular flexibility index (Phi) is 12.4. The number of rotatable bonds is 15. The Morgan fingerprint density at radius 3 is 1.80 bits per heavy atom. The Morgan fingerprint density at radius 2 is 1.32 bits per heavy atom. The molecule has 0 aromatic carbocycles. The highest BCUT2D eigenvalue weighted by Crippen LogP contribution is 2.19. The first-order valence-electron chi connectivity index (χ1n) is 10.8. The summed E-state index contributed by atoms with van der Waals surface area (Å²) in [6, 6.07) is -0.352. The first-order valence-corrected chi connectivity index (χ1v) is 10.8. The Hall–Kier alpha value is -1.06. The van der Waals surface area contributed by atoms with Crippen molar-refractivity contribution in [3.8, 4) is 0 Å². The van der Waals surface area contributed by atoms with Gasteiger partial charge in [0.2, 0.25) is 11.8 Å². The third-order valence-electron chi connectivity index (χ3n) is 5.40. The van der Waals surface area contributed by atoms with Crippen LogP contribution in [0.1, 0.15) is 110 Å². The van der Waals surface area contributed by atoms with Crippen molar-refractivity contribution in [2.45, 2.75) is 116 Å². The first kappa shape index (κ1) is 22.0. The Morgan fingerprint density at radius 1 is 0.840 bits per heavy atom. The molecule has 146 valence electrons. The zero-order valence-corrected chi connectivity index (χ0v) is 16.4. The van der Waals surface area contributed by atoms with Gasteiger partial charge in [-0.05, 0) is 19.3 Å². The molecule has 1 atom stereocenters. The molecule has 1 rings (SSSR count). The molecule has 0 aromatic heterocycles. The van der Waals surface area contributed by atoms with Crippen molar-refractivity contribution in [1.29, 1.82) is 0 Å². The highest BCUT2D eigenvalue weighted by molar-refractivity contribution is 5.87. The van der Waals surface area contributed by atoms with Crippen molar-refractivity contribution >= 4 is 11.8 Å². The summed E-state index contributed by atoms with van der Waals surface area (Å²) in [5.74, 6) is -0.236. The number of nitrogens with two attached hydrogens (primary N) is 1. The molecular weight excluding hydrogens is 312 g/mol. The Labute approximate surface area is 154 Å². The molecule has 1 aliphatic rings. The van der Waals surface area contributed by atoms with Gasteiger partial charge in [0, 0.05) is 13.0 Å². The maximum absolute atomic E-state index is 12.2. The van der Waals surface area contributed by atoms with Gasteiger partial charge in [-0.25, -0.2) is 0 Å². The van der Waals surface area contributed by atoms with Crippen molar-refractivity contribution in [1.82, 2.24) is 4.90 Å². The lowest BCUT2D eigenvalue weighted by molar-refractivity contribution is -0.137. The van der Waals surface area contributed by atoms with Crippen LogP contribution >= 0.6 is 0 Å². The summed E-state index contributed by atoms with van der Waals surface area (Å²) < 4.78 is 0. The normalized spacial score (nSPS) is 17.2. The van der Waals surface area contributed by atoms with Gasteiger partial charge < -0.3 is 10.6 Å². The van der Waals surface area contributed by atoms with Gasteiger partial charge in [0.25, 0.3) is 0 Å². The van der Waals surface area contributed by atoms with Crippen molar-refractivity contribution in [2.24, 2.45) is 5.73 Å². The Bertz CT molecular complexity index is 371. The zero-order chi connectivity index (χ0) is 18.3.